The van der Waals surface area contributed by atoms with E-state index in [1.807, 2.05) is 30.5 Å². The Balaban J connectivity index is 1.36. The van der Waals surface area contributed by atoms with Gasteiger partial charge in [0.2, 0.25) is 5.91 Å². The van der Waals surface area contributed by atoms with Crippen LogP contribution < -0.4 is 15.8 Å². The molecule has 0 aliphatic carbocycles. The molecule has 1 aliphatic rings. The fraction of sp³-hybridized carbons (Fsp3) is 0.389. The quantitative estimate of drug-likeness (QED) is 0.764. The van der Waals surface area contributed by atoms with Crippen LogP contribution in [0.5, 0.6) is 0 Å². The Labute approximate surface area is 157 Å². The van der Waals surface area contributed by atoms with Crippen molar-refractivity contribution in [2.45, 2.75) is 13.3 Å². The molecule has 3 rings (SSSR count). The van der Waals surface area contributed by atoms with Gasteiger partial charge in [0, 0.05) is 42.9 Å². The number of amides is 2. The van der Waals surface area contributed by atoms with E-state index in [1.54, 1.807) is 0 Å². The second kappa shape index (κ2) is 8.77. The number of hydrogen-bond acceptors (Lipinski definition) is 6. The molecule has 0 atom stereocenters. The molecule has 0 unspecified atom stereocenters. The zero-order chi connectivity index (χ0) is 18.4. The number of para-hydroxylation sites is 1. The Bertz CT molecular complexity index is 741. The first-order valence-electron chi connectivity index (χ1n) is 8.61. The average Bonchev–Trinajstić information content (AvgIpc) is 3.06. The highest BCUT2D eigenvalue weighted by Gasteiger charge is 2.19. The van der Waals surface area contributed by atoms with Gasteiger partial charge in [0.25, 0.3) is 5.91 Å². The SMILES string of the molecule is Cc1csc(CC(=O)NNC(=O)CN2CCN(c3ccccc3)CC2)n1. The molecule has 1 saturated heterocycles. The van der Waals surface area contributed by atoms with Crippen LogP contribution in [0, 0.1) is 6.92 Å². The second-order valence-corrected chi connectivity index (χ2v) is 7.20. The van der Waals surface area contributed by atoms with Crippen molar-refractivity contribution < 1.29 is 9.59 Å². The largest absolute Gasteiger partial charge is 0.369 e. The molecule has 0 radical (unpaired) electrons. The minimum atomic E-state index is -0.262. The zero-order valence-electron chi connectivity index (χ0n) is 14.8. The molecule has 2 heterocycles. The van der Waals surface area contributed by atoms with E-state index < -0.39 is 0 Å². The minimum Gasteiger partial charge on any atom is -0.369 e. The molecule has 0 saturated carbocycles. The number of thiazole rings is 1. The first kappa shape index (κ1) is 18.3. The van der Waals surface area contributed by atoms with Crippen molar-refractivity contribution in [2.75, 3.05) is 37.6 Å². The van der Waals surface area contributed by atoms with E-state index in [4.69, 9.17) is 0 Å². The van der Waals surface area contributed by atoms with Crippen molar-refractivity contribution in [3.63, 3.8) is 0 Å². The molecule has 1 fully saturated rings. The Kier molecular flexibility index (Phi) is 6.19. The summed E-state index contributed by atoms with van der Waals surface area (Å²) in [6.07, 6.45) is 0.175. The van der Waals surface area contributed by atoms with Crippen LogP contribution in [0.1, 0.15) is 10.7 Å². The van der Waals surface area contributed by atoms with Crippen LogP contribution in [-0.2, 0) is 16.0 Å². The van der Waals surface area contributed by atoms with E-state index >= 15 is 0 Å². The summed E-state index contributed by atoms with van der Waals surface area (Å²) < 4.78 is 0. The lowest BCUT2D eigenvalue weighted by atomic mass is 10.2. The number of carbonyl (C=O) groups is 2. The number of hydrazine groups is 1. The fourth-order valence-electron chi connectivity index (χ4n) is 2.85. The number of nitrogens with one attached hydrogen (secondary N) is 2. The van der Waals surface area contributed by atoms with Gasteiger partial charge in [-0.1, -0.05) is 18.2 Å². The number of rotatable bonds is 5. The smallest absolute Gasteiger partial charge is 0.252 e. The van der Waals surface area contributed by atoms with Crippen molar-refractivity contribution in [3.8, 4) is 0 Å². The van der Waals surface area contributed by atoms with Gasteiger partial charge in [-0.25, -0.2) is 4.98 Å². The molecule has 1 aliphatic heterocycles. The summed E-state index contributed by atoms with van der Waals surface area (Å²) in [6, 6.07) is 10.3. The second-order valence-electron chi connectivity index (χ2n) is 6.25. The van der Waals surface area contributed by atoms with E-state index in [0.717, 1.165) is 36.9 Å². The fourth-order valence-corrected chi connectivity index (χ4v) is 3.62. The van der Waals surface area contributed by atoms with Gasteiger partial charge < -0.3 is 4.90 Å². The number of anilines is 1. The van der Waals surface area contributed by atoms with Gasteiger partial charge >= 0.3 is 0 Å². The third-order valence-corrected chi connectivity index (χ3v) is 5.15. The molecular formula is C18H23N5O2S. The van der Waals surface area contributed by atoms with Crippen LogP contribution >= 0.6 is 11.3 Å². The van der Waals surface area contributed by atoms with Gasteiger partial charge in [-0.3, -0.25) is 25.3 Å². The van der Waals surface area contributed by atoms with Crippen molar-refractivity contribution in [1.29, 1.82) is 0 Å². The summed E-state index contributed by atoms with van der Waals surface area (Å²) in [4.78, 5) is 32.5. The third-order valence-electron chi connectivity index (χ3n) is 4.18. The lowest BCUT2D eigenvalue weighted by Crippen LogP contribution is -2.52. The van der Waals surface area contributed by atoms with Crippen LogP contribution in [0.2, 0.25) is 0 Å². The summed E-state index contributed by atoms with van der Waals surface area (Å²) in [5, 5.41) is 2.64. The highest BCUT2D eigenvalue weighted by atomic mass is 32.1. The van der Waals surface area contributed by atoms with Crippen LogP contribution in [-0.4, -0.2) is 54.4 Å². The zero-order valence-corrected chi connectivity index (χ0v) is 15.6. The van der Waals surface area contributed by atoms with Crippen LogP contribution in [0.25, 0.3) is 0 Å². The molecule has 138 valence electrons. The van der Waals surface area contributed by atoms with E-state index in [2.05, 4.69) is 37.8 Å². The van der Waals surface area contributed by atoms with E-state index in [9.17, 15) is 9.59 Å². The highest BCUT2D eigenvalue weighted by molar-refractivity contribution is 7.09. The van der Waals surface area contributed by atoms with E-state index in [0.29, 0.717) is 0 Å². The van der Waals surface area contributed by atoms with Crippen LogP contribution in [0.15, 0.2) is 35.7 Å². The topological polar surface area (TPSA) is 77.6 Å². The molecular weight excluding hydrogens is 350 g/mol. The molecule has 2 amide bonds. The van der Waals surface area contributed by atoms with Gasteiger partial charge in [-0.05, 0) is 19.1 Å². The minimum absolute atomic E-state index is 0.175. The first-order valence-corrected chi connectivity index (χ1v) is 9.49. The molecule has 2 N–H and O–H groups in total. The lowest BCUT2D eigenvalue weighted by Gasteiger charge is -2.35. The summed E-state index contributed by atoms with van der Waals surface area (Å²) in [5.41, 5.74) is 7.05. The monoisotopic (exact) mass is 373 g/mol. The van der Waals surface area contributed by atoms with Crippen molar-refractivity contribution in [3.05, 3.63) is 46.4 Å². The molecule has 1 aromatic heterocycles. The van der Waals surface area contributed by atoms with Crippen molar-refractivity contribution in [2.24, 2.45) is 0 Å². The lowest BCUT2D eigenvalue weighted by molar-refractivity contribution is -0.129. The van der Waals surface area contributed by atoms with Gasteiger partial charge in [-0.15, -0.1) is 11.3 Å². The Hall–Kier alpha value is -2.45. The number of aromatic nitrogens is 1. The maximum absolute atomic E-state index is 12.0. The average molecular weight is 373 g/mol. The van der Waals surface area contributed by atoms with Gasteiger partial charge in [0.05, 0.1) is 13.0 Å². The van der Waals surface area contributed by atoms with E-state index in [1.165, 1.54) is 17.0 Å². The van der Waals surface area contributed by atoms with Crippen molar-refractivity contribution in [1.82, 2.24) is 20.7 Å². The Morgan fingerprint density at radius 1 is 1.08 bits per heavy atom. The molecule has 7 nitrogen and oxygen atoms in total. The predicted octanol–water partition coefficient (Wildman–Crippen LogP) is 0.964. The number of hydrogen-bond donors (Lipinski definition) is 2. The Morgan fingerprint density at radius 2 is 1.77 bits per heavy atom. The predicted molar refractivity (Wildman–Crippen MR) is 102 cm³/mol. The molecule has 2 aromatic rings. The molecule has 0 bridgehead atoms. The summed E-state index contributed by atoms with van der Waals surface area (Å²) >= 11 is 1.44. The van der Waals surface area contributed by atoms with Gasteiger partial charge in [0.1, 0.15) is 5.01 Å². The maximum Gasteiger partial charge on any atom is 0.252 e. The molecule has 1 aromatic carbocycles. The number of piperazine rings is 1. The number of benzene rings is 1. The molecule has 0 spiro atoms. The standard InChI is InChI=1S/C18H23N5O2S/c1-14-13-26-18(19-14)11-16(24)20-21-17(25)12-22-7-9-23(10-8-22)15-5-3-2-4-6-15/h2-6,13H,7-12H2,1H3,(H,20,24)(H,21,25). The number of nitrogens with zero attached hydrogens (tertiary/aromatic N) is 3. The summed E-state index contributed by atoms with van der Waals surface area (Å²) in [7, 11) is 0. The number of aryl methyl sites for hydroxylation is 1. The maximum atomic E-state index is 12.0. The van der Waals surface area contributed by atoms with Gasteiger partial charge in [-0.2, -0.15) is 0 Å². The van der Waals surface area contributed by atoms with Crippen molar-refractivity contribution >= 4 is 28.8 Å². The Morgan fingerprint density at radius 3 is 2.42 bits per heavy atom. The van der Waals surface area contributed by atoms with E-state index in [-0.39, 0.29) is 24.8 Å². The number of carbonyl (C=O) groups excluding carboxylic acids is 2. The van der Waals surface area contributed by atoms with Crippen LogP contribution in [0.3, 0.4) is 0 Å². The highest BCUT2D eigenvalue weighted by Crippen LogP contribution is 2.15. The summed E-state index contributed by atoms with van der Waals surface area (Å²) in [5.74, 6) is -0.469. The summed E-state index contributed by atoms with van der Waals surface area (Å²) in [6.45, 7) is 5.56. The normalized spacial score (nSPS) is 14.9. The third kappa shape index (κ3) is 5.27. The molecule has 8 heteroatoms. The van der Waals surface area contributed by atoms with Crippen LogP contribution in [0.4, 0.5) is 5.69 Å². The first-order chi connectivity index (χ1) is 12.6. The molecule has 26 heavy (non-hydrogen) atoms. The van der Waals surface area contributed by atoms with Gasteiger partial charge in [0.15, 0.2) is 0 Å².